The predicted octanol–water partition coefficient (Wildman–Crippen LogP) is 2.33. The molecule has 5 heteroatoms. The van der Waals surface area contributed by atoms with Crippen LogP contribution in [0.2, 0.25) is 0 Å². The average molecular weight is 315 g/mol. The van der Waals surface area contributed by atoms with E-state index >= 15 is 0 Å². The van der Waals surface area contributed by atoms with Crippen LogP contribution < -0.4 is 0 Å². The van der Waals surface area contributed by atoms with Gasteiger partial charge in [-0.3, -0.25) is 4.79 Å². The van der Waals surface area contributed by atoms with E-state index in [9.17, 15) is 14.7 Å². The third kappa shape index (κ3) is 2.97. The van der Waals surface area contributed by atoms with Gasteiger partial charge in [-0.05, 0) is 18.9 Å². The van der Waals surface area contributed by atoms with Crippen molar-refractivity contribution in [2.24, 2.45) is 0 Å². The second kappa shape index (κ2) is 6.11. The maximum absolute atomic E-state index is 12.1. The van der Waals surface area contributed by atoms with Crippen molar-refractivity contribution >= 4 is 27.7 Å². The largest absolute Gasteiger partial charge is 0.479 e. The van der Waals surface area contributed by atoms with E-state index in [0.29, 0.717) is 12.0 Å². The number of aliphatic hydroxyl groups is 1. The fourth-order valence-electron chi connectivity index (χ4n) is 1.77. The van der Waals surface area contributed by atoms with E-state index in [4.69, 9.17) is 5.11 Å². The zero-order valence-electron chi connectivity index (χ0n) is 10.2. The molecular formula is C13H15BrO4. The topological polar surface area (TPSA) is 74.6 Å². The monoisotopic (exact) mass is 314 g/mol. The van der Waals surface area contributed by atoms with E-state index in [2.05, 4.69) is 15.9 Å². The van der Waals surface area contributed by atoms with Crippen LogP contribution in [0.4, 0.5) is 0 Å². The Morgan fingerprint density at radius 1 is 1.39 bits per heavy atom. The molecule has 2 N–H and O–H groups in total. The summed E-state index contributed by atoms with van der Waals surface area (Å²) in [5.74, 6) is -1.58. The fraction of sp³-hybridized carbons (Fsp3) is 0.385. The van der Waals surface area contributed by atoms with Gasteiger partial charge in [0, 0.05) is 11.1 Å². The van der Waals surface area contributed by atoms with Crippen LogP contribution in [0.25, 0.3) is 0 Å². The van der Waals surface area contributed by atoms with Crippen LogP contribution in [0.15, 0.2) is 18.2 Å². The minimum absolute atomic E-state index is 0.151. The van der Waals surface area contributed by atoms with Crippen molar-refractivity contribution in [1.29, 1.82) is 0 Å². The number of carbonyl (C=O) groups excluding carboxylic acids is 1. The number of carboxylic acids is 1. The van der Waals surface area contributed by atoms with E-state index in [1.54, 1.807) is 19.1 Å². The minimum Gasteiger partial charge on any atom is -0.479 e. The number of alkyl halides is 1. The molecule has 0 amide bonds. The molecule has 98 valence electrons. The lowest BCUT2D eigenvalue weighted by Gasteiger charge is -2.16. The second-order valence-corrected chi connectivity index (χ2v) is 5.33. The van der Waals surface area contributed by atoms with Gasteiger partial charge in [0.1, 0.15) is 0 Å². The van der Waals surface area contributed by atoms with Crippen molar-refractivity contribution in [3.8, 4) is 0 Å². The van der Waals surface area contributed by atoms with Crippen molar-refractivity contribution < 1.29 is 19.8 Å². The van der Waals surface area contributed by atoms with E-state index in [1.165, 1.54) is 6.07 Å². The molecule has 0 saturated carbocycles. The predicted molar refractivity (Wildman–Crippen MR) is 71.1 cm³/mol. The van der Waals surface area contributed by atoms with Crippen LogP contribution in [-0.4, -0.2) is 26.8 Å². The molecule has 0 aliphatic carbocycles. The number of benzene rings is 1. The van der Waals surface area contributed by atoms with Gasteiger partial charge in [-0.2, -0.15) is 0 Å². The van der Waals surface area contributed by atoms with Crippen molar-refractivity contribution in [3.63, 3.8) is 0 Å². The molecule has 0 aliphatic rings. The highest BCUT2D eigenvalue weighted by Crippen LogP contribution is 2.25. The number of aliphatic hydroxyl groups excluding tert-OH is 1. The van der Waals surface area contributed by atoms with Crippen LogP contribution in [-0.2, 0) is 11.2 Å². The molecular weight excluding hydrogens is 300 g/mol. The lowest BCUT2D eigenvalue weighted by molar-refractivity contribution is -0.146. The van der Waals surface area contributed by atoms with Gasteiger partial charge in [0.15, 0.2) is 11.9 Å². The highest BCUT2D eigenvalue weighted by atomic mass is 79.9. The molecule has 0 aliphatic heterocycles. The molecule has 0 spiro atoms. The highest BCUT2D eigenvalue weighted by Gasteiger charge is 2.26. The van der Waals surface area contributed by atoms with Crippen LogP contribution in [0.1, 0.15) is 41.4 Å². The molecule has 1 aromatic rings. The Balaban J connectivity index is 3.42. The minimum atomic E-state index is -1.68. The Labute approximate surface area is 114 Å². The molecule has 0 aromatic heterocycles. The van der Waals surface area contributed by atoms with Gasteiger partial charge >= 0.3 is 5.97 Å². The molecule has 18 heavy (non-hydrogen) atoms. The van der Waals surface area contributed by atoms with Gasteiger partial charge in [-0.1, -0.05) is 41.1 Å². The average Bonchev–Trinajstić information content (AvgIpc) is 2.35. The second-order valence-electron chi connectivity index (χ2n) is 3.96. The first kappa shape index (κ1) is 14.9. The summed E-state index contributed by atoms with van der Waals surface area (Å²) in [6.45, 7) is 3.55. The van der Waals surface area contributed by atoms with Gasteiger partial charge in [-0.15, -0.1) is 0 Å². The summed E-state index contributed by atoms with van der Waals surface area (Å²) in [6, 6.07) is 4.89. The number of ketones is 1. The number of hydrogen-bond donors (Lipinski definition) is 2. The van der Waals surface area contributed by atoms with Crippen LogP contribution in [0, 0.1) is 0 Å². The molecule has 4 nitrogen and oxygen atoms in total. The summed E-state index contributed by atoms with van der Waals surface area (Å²) >= 11 is 3.18. The zero-order chi connectivity index (χ0) is 13.9. The zero-order valence-corrected chi connectivity index (χ0v) is 11.8. The maximum Gasteiger partial charge on any atom is 0.337 e. The van der Waals surface area contributed by atoms with E-state index < -0.39 is 16.9 Å². The lowest BCUT2D eigenvalue weighted by Crippen LogP contribution is -2.20. The summed E-state index contributed by atoms with van der Waals surface area (Å²) in [6.07, 6.45) is -1.08. The van der Waals surface area contributed by atoms with Gasteiger partial charge in [-0.25, -0.2) is 4.79 Å². The van der Waals surface area contributed by atoms with Crippen LogP contribution in [0.5, 0.6) is 0 Å². The van der Waals surface area contributed by atoms with E-state index in [-0.39, 0.29) is 11.3 Å². The van der Waals surface area contributed by atoms with Gasteiger partial charge in [0.2, 0.25) is 0 Å². The van der Waals surface area contributed by atoms with Crippen LogP contribution in [0.3, 0.4) is 0 Å². The normalized spacial score (nSPS) is 14.0. The number of hydrogen-bond acceptors (Lipinski definition) is 3. The molecule has 1 rings (SSSR count). The molecule has 2 unspecified atom stereocenters. The molecule has 0 bridgehead atoms. The van der Waals surface area contributed by atoms with Crippen molar-refractivity contribution in [3.05, 3.63) is 34.9 Å². The Hall–Kier alpha value is -1.20. The molecule has 1 aromatic carbocycles. The smallest absolute Gasteiger partial charge is 0.337 e. The molecule has 0 saturated heterocycles. The quantitative estimate of drug-likeness (QED) is 0.646. The van der Waals surface area contributed by atoms with E-state index in [1.807, 2.05) is 6.92 Å². The Morgan fingerprint density at radius 3 is 2.44 bits per heavy atom. The number of aliphatic carboxylic acids is 1. The summed E-state index contributed by atoms with van der Waals surface area (Å²) in [5.41, 5.74) is 1.20. The Morgan fingerprint density at radius 2 is 2.00 bits per heavy atom. The standard InChI is InChI=1S/C13H15BrO4/c1-3-8-5-4-6-9(12(16)13(17)18)10(8)11(15)7(2)14/h4-7,12,16H,3H2,1-2H3,(H,17,18). The van der Waals surface area contributed by atoms with Crippen LogP contribution >= 0.6 is 15.9 Å². The summed E-state index contributed by atoms with van der Waals surface area (Å²) in [5, 5.41) is 18.5. The SMILES string of the molecule is CCc1cccc(C(O)C(=O)O)c1C(=O)C(C)Br. The van der Waals surface area contributed by atoms with Gasteiger partial charge < -0.3 is 10.2 Å². The summed E-state index contributed by atoms with van der Waals surface area (Å²) < 4.78 is 0. The molecule has 0 radical (unpaired) electrons. The molecule has 2 atom stereocenters. The molecule has 0 fully saturated rings. The number of carboxylic acid groups (broad SMARTS) is 1. The number of Topliss-reactive ketones (excluding diaryl/α,β-unsaturated/α-hetero) is 1. The Kier molecular flexibility index (Phi) is 5.04. The first-order valence-corrected chi connectivity index (χ1v) is 6.52. The third-order valence-corrected chi connectivity index (χ3v) is 3.12. The van der Waals surface area contributed by atoms with E-state index in [0.717, 1.165) is 5.56 Å². The molecule has 0 heterocycles. The van der Waals surface area contributed by atoms with Crippen molar-refractivity contribution in [1.82, 2.24) is 0 Å². The number of rotatable bonds is 5. The summed E-state index contributed by atoms with van der Waals surface area (Å²) in [4.78, 5) is 22.6. The fourth-order valence-corrected chi connectivity index (χ4v) is 2.00. The first-order chi connectivity index (χ1) is 8.40. The highest BCUT2D eigenvalue weighted by molar-refractivity contribution is 9.10. The van der Waals surface area contributed by atoms with Gasteiger partial charge in [0.05, 0.1) is 4.83 Å². The van der Waals surface area contributed by atoms with Crippen molar-refractivity contribution in [2.45, 2.75) is 31.2 Å². The lowest BCUT2D eigenvalue weighted by atomic mass is 9.92. The number of aryl methyl sites for hydroxylation is 1. The first-order valence-electron chi connectivity index (χ1n) is 5.61. The Bertz CT molecular complexity index is 468. The van der Waals surface area contributed by atoms with Crippen molar-refractivity contribution in [2.75, 3.05) is 0 Å². The maximum atomic E-state index is 12.1. The number of carbonyl (C=O) groups is 2. The van der Waals surface area contributed by atoms with Gasteiger partial charge in [0.25, 0.3) is 0 Å². The summed E-state index contributed by atoms with van der Waals surface area (Å²) in [7, 11) is 0. The third-order valence-electron chi connectivity index (χ3n) is 2.70. The number of halogens is 1.